The van der Waals surface area contributed by atoms with Crippen LogP contribution in [0.4, 0.5) is 0 Å². The molecular weight excluding hydrogens is 468 g/mol. The van der Waals surface area contributed by atoms with Crippen LogP contribution < -0.4 is 9.47 Å². The van der Waals surface area contributed by atoms with Crippen molar-refractivity contribution in [2.45, 2.75) is 6.92 Å². The van der Waals surface area contributed by atoms with Gasteiger partial charge in [0.25, 0.3) is 0 Å². The third kappa shape index (κ3) is 4.83. The van der Waals surface area contributed by atoms with Crippen molar-refractivity contribution in [2.75, 3.05) is 6.61 Å². The van der Waals surface area contributed by atoms with E-state index in [4.69, 9.17) is 9.47 Å². The van der Waals surface area contributed by atoms with Gasteiger partial charge >= 0.3 is 5.97 Å². The largest absolute Gasteiger partial charge is 0.481 e. The molecule has 0 bridgehead atoms. The molecule has 2 aromatic carbocycles. The lowest BCUT2D eigenvalue weighted by Gasteiger charge is -2.09. The Kier molecular flexibility index (Phi) is 5.84. The molecule has 0 amide bonds. The average Bonchev–Trinajstić information content (AvgIpc) is 2.41. The molecule has 6 heteroatoms. The quantitative estimate of drug-likeness (QED) is 0.444. The van der Waals surface area contributed by atoms with Crippen molar-refractivity contribution in [1.29, 1.82) is 0 Å². The number of esters is 1. The molecule has 2 aromatic rings. The van der Waals surface area contributed by atoms with Gasteiger partial charge in [-0.25, -0.2) is 4.79 Å². The summed E-state index contributed by atoms with van der Waals surface area (Å²) < 4.78 is 13.1. The molecule has 0 N–H and O–H groups in total. The van der Waals surface area contributed by atoms with E-state index in [1.54, 1.807) is 12.1 Å². The second kappa shape index (κ2) is 7.42. The van der Waals surface area contributed by atoms with Gasteiger partial charge in [-0.05, 0) is 74.7 Å². The second-order valence-electron chi connectivity index (χ2n) is 4.27. The summed E-state index contributed by atoms with van der Waals surface area (Å²) >= 11 is 10.1. The van der Waals surface area contributed by atoms with Crippen LogP contribution in [-0.2, 0) is 4.79 Å². The summed E-state index contributed by atoms with van der Waals surface area (Å²) in [6.45, 7) is 1.80. The highest BCUT2D eigenvalue weighted by molar-refractivity contribution is 9.11. The zero-order valence-corrected chi connectivity index (χ0v) is 15.8. The van der Waals surface area contributed by atoms with E-state index in [1.807, 2.05) is 31.2 Å². The topological polar surface area (TPSA) is 35.5 Å². The Hall–Kier alpha value is -0.850. The summed E-state index contributed by atoms with van der Waals surface area (Å²) in [4.78, 5) is 11.8. The van der Waals surface area contributed by atoms with Crippen molar-refractivity contribution in [1.82, 2.24) is 0 Å². The van der Waals surface area contributed by atoms with Crippen molar-refractivity contribution in [2.24, 2.45) is 0 Å². The predicted octanol–water partition coefficient (Wildman–Crippen LogP) is 5.27. The molecule has 3 nitrogen and oxygen atoms in total. The molecule has 0 aliphatic rings. The van der Waals surface area contributed by atoms with Crippen LogP contribution in [0.25, 0.3) is 0 Å². The van der Waals surface area contributed by atoms with E-state index in [0.717, 1.165) is 19.0 Å². The van der Waals surface area contributed by atoms with E-state index < -0.39 is 5.97 Å². The van der Waals surface area contributed by atoms with Gasteiger partial charge < -0.3 is 9.47 Å². The van der Waals surface area contributed by atoms with Crippen LogP contribution >= 0.6 is 47.8 Å². The number of rotatable bonds is 4. The Morgan fingerprint density at radius 1 is 1.00 bits per heavy atom. The number of ether oxygens (including phenoxy) is 2. The number of carbonyl (C=O) groups is 1. The first-order valence-corrected chi connectivity index (χ1v) is 8.38. The van der Waals surface area contributed by atoms with Crippen molar-refractivity contribution in [3.05, 3.63) is 55.4 Å². The molecule has 0 saturated carbocycles. The number of halogens is 3. The van der Waals surface area contributed by atoms with Crippen LogP contribution in [0.1, 0.15) is 5.56 Å². The predicted molar refractivity (Wildman–Crippen MR) is 91.9 cm³/mol. The standard InChI is InChI=1S/C15H11Br3O3/c1-9-2-4-14(11(17)6-9)21-15(19)8-20-13-5-3-10(16)7-12(13)18/h2-7H,8H2,1H3. The van der Waals surface area contributed by atoms with E-state index in [9.17, 15) is 4.79 Å². The lowest BCUT2D eigenvalue weighted by molar-refractivity contribution is -0.136. The summed E-state index contributed by atoms with van der Waals surface area (Å²) in [6, 6.07) is 10.9. The fourth-order valence-corrected chi connectivity index (χ4v) is 3.31. The molecule has 2 rings (SSSR count). The van der Waals surface area contributed by atoms with Gasteiger partial charge in [0.15, 0.2) is 6.61 Å². The fourth-order valence-electron chi connectivity index (χ4n) is 1.57. The molecule has 0 unspecified atom stereocenters. The van der Waals surface area contributed by atoms with Crippen LogP contribution in [0.2, 0.25) is 0 Å². The summed E-state index contributed by atoms with van der Waals surface area (Å²) in [5.41, 5.74) is 1.08. The SMILES string of the molecule is Cc1ccc(OC(=O)COc2ccc(Br)cc2Br)c(Br)c1. The summed E-state index contributed by atoms with van der Waals surface area (Å²) in [5, 5.41) is 0. The van der Waals surface area contributed by atoms with E-state index in [-0.39, 0.29) is 6.61 Å². The molecule has 0 aliphatic carbocycles. The lowest BCUT2D eigenvalue weighted by atomic mass is 10.2. The monoisotopic (exact) mass is 476 g/mol. The molecule has 0 atom stereocenters. The van der Waals surface area contributed by atoms with E-state index in [1.165, 1.54) is 0 Å². The molecule has 110 valence electrons. The van der Waals surface area contributed by atoms with Crippen molar-refractivity contribution < 1.29 is 14.3 Å². The van der Waals surface area contributed by atoms with E-state index >= 15 is 0 Å². The van der Waals surface area contributed by atoms with Crippen LogP contribution in [0.15, 0.2) is 49.8 Å². The van der Waals surface area contributed by atoms with E-state index in [0.29, 0.717) is 11.5 Å². The molecule has 0 fully saturated rings. The molecule has 0 radical (unpaired) electrons. The van der Waals surface area contributed by atoms with Crippen LogP contribution in [-0.4, -0.2) is 12.6 Å². The van der Waals surface area contributed by atoms with E-state index in [2.05, 4.69) is 47.8 Å². The Balaban J connectivity index is 1.96. The number of hydrogen-bond donors (Lipinski definition) is 0. The van der Waals surface area contributed by atoms with Gasteiger partial charge in [0, 0.05) is 4.47 Å². The average molecular weight is 479 g/mol. The van der Waals surface area contributed by atoms with Crippen molar-refractivity contribution in [3.63, 3.8) is 0 Å². The van der Waals surface area contributed by atoms with Gasteiger partial charge in [0.05, 0.1) is 8.95 Å². The zero-order valence-electron chi connectivity index (χ0n) is 11.0. The Morgan fingerprint density at radius 3 is 2.33 bits per heavy atom. The molecule has 0 spiro atoms. The minimum Gasteiger partial charge on any atom is -0.481 e. The second-order valence-corrected chi connectivity index (χ2v) is 6.90. The highest BCUT2D eigenvalue weighted by Crippen LogP contribution is 2.29. The number of aryl methyl sites for hydroxylation is 1. The Labute approximate surface area is 148 Å². The highest BCUT2D eigenvalue weighted by Gasteiger charge is 2.10. The highest BCUT2D eigenvalue weighted by atomic mass is 79.9. The summed E-state index contributed by atoms with van der Waals surface area (Å²) in [7, 11) is 0. The van der Waals surface area contributed by atoms with Crippen LogP contribution in [0.5, 0.6) is 11.5 Å². The molecular formula is C15H11Br3O3. The summed E-state index contributed by atoms with van der Waals surface area (Å²) in [6.07, 6.45) is 0. The van der Waals surface area contributed by atoms with Gasteiger partial charge in [0.2, 0.25) is 0 Å². The van der Waals surface area contributed by atoms with Gasteiger partial charge in [-0.15, -0.1) is 0 Å². The van der Waals surface area contributed by atoms with Crippen molar-refractivity contribution >= 4 is 53.8 Å². The third-order valence-electron chi connectivity index (χ3n) is 2.55. The molecule has 0 heterocycles. The van der Waals surface area contributed by atoms with Gasteiger partial charge in [-0.2, -0.15) is 0 Å². The van der Waals surface area contributed by atoms with Crippen LogP contribution in [0, 0.1) is 6.92 Å². The lowest BCUT2D eigenvalue weighted by Crippen LogP contribution is -2.18. The first-order chi connectivity index (χ1) is 9.95. The smallest absolute Gasteiger partial charge is 0.349 e. The molecule has 0 aliphatic heterocycles. The normalized spacial score (nSPS) is 10.3. The van der Waals surface area contributed by atoms with Gasteiger partial charge in [0.1, 0.15) is 11.5 Å². The fraction of sp³-hybridized carbons (Fsp3) is 0.133. The number of carbonyl (C=O) groups excluding carboxylic acids is 1. The van der Waals surface area contributed by atoms with Gasteiger partial charge in [-0.1, -0.05) is 22.0 Å². The minimum absolute atomic E-state index is 0.166. The molecule has 0 aromatic heterocycles. The first-order valence-electron chi connectivity index (χ1n) is 6.00. The Morgan fingerprint density at radius 2 is 1.67 bits per heavy atom. The maximum Gasteiger partial charge on any atom is 0.349 e. The Bertz CT molecular complexity index is 671. The third-order valence-corrected chi connectivity index (χ3v) is 4.28. The zero-order chi connectivity index (χ0) is 15.4. The maximum absolute atomic E-state index is 11.8. The number of hydrogen-bond acceptors (Lipinski definition) is 3. The first kappa shape index (κ1) is 16.5. The number of benzene rings is 2. The van der Waals surface area contributed by atoms with Crippen molar-refractivity contribution in [3.8, 4) is 11.5 Å². The molecule has 21 heavy (non-hydrogen) atoms. The molecule has 0 saturated heterocycles. The minimum atomic E-state index is -0.464. The maximum atomic E-state index is 11.8. The summed E-state index contributed by atoms with van der Waals surface area (Å²) in [5.74, 6) is 0.594. The van der Waals surface area contributed by atoms with Crippen LogP contribution in [0.3, 0.4) is 0 Å². The van der Waals surface area contributed by atoms with Gasteiger partial charge in [-0.3, -0.25) is 0 Å².